The van der Waals surface area contributed by atoms with Gasteiger partial charge in [-0.1, -0.05) is 26.0 Å². The Labute approximate surface area is 167 Å². The van der Waals surface area contributed by atoms with E-state index in [0.29, 0.717) is 12.4 Å². The number of carbonyl (C=O) groups excluding carboxylic acids is 1. The second kappa shape index (κ2) is 8.68. The van der Waals surface area contributed by atoms with Crippen LogP contribution in [0.15, 0.2) is 24.3 Å². The average Bonchev–Trinajstić information content (AvgIpc) is 3.14. The van der Waals surface area contributed by atoms with Gasteiger partial charge >= 0.3 is 5.97 Å². The van der Waals surface area contributed by atoms with Crippen molar-refractivity contribution in [2.24, 2.45) is 0 Å². The minimum atomic E-state index is -0.332. The van der Waals surface area contributed by atoms with Gasteiger partial charge < -0.3 is 14.6 Å². The first-order valence-corrected chi connectivity index (χ1v) is 10.1. The molecule has 0 bridgehead atoms. The molecule has 1 aliphatic rings. The van der Waals surface area contributed by atoms with Crippen molar-refractivity contribution in [2.75, 3.05) is 13.2 Å². The maximum absolute atomic E-state index is 11.7. The Morgan fingerprint density at radius 2 is 1.93 bits per heavy atom. The van der Waals surface area contributed by atoms with E-state index in [9.17, 15) is 9.90 Å². The maximum Gasteiger partial charge on any atom is 0.344 e. The van der Waals surface area contributed by atoms with Crippen molar-refractivity contribution in [3.63, 3.8) is 0 Å². The summed E-state index contributed by atoms with van der Waals surface area (Å²) in [7, 11) is 0. The zero-order valence-corrected chi connectivity index (χ0v) is 17.3. The highest BCUT2D eigenvalue weighted by molar-refractivity contribution is 5.71. The van der Waals surface area contributed by atoms with E-state index in [1.165, 1.54) is 27.8 Å². The highest BCUT2D eigenvalue weighted by Gasteiger charge is 2.22. The van der Waals surface area contributed by atoms with Crippen molar-refractivity contribution >= 4 is 5.97 Å². The van der Waals surface area contributed by atoms with Crippen LogP contribution in [0.3, 0.4) is 0 Å². The molecule has 0 aliphatic heterocycles. The van der Waals surface area contributed by atoms with Crippen molar-refractivity contribution in [1.29, 1.82) is 0 Å². The molecule has 0 saturated carbocycles. The third-order valence-corrected chi connectivity index (χ3v) is 5.45. The van der Waals surface area contributed by atoms with Crippen LogP contribution in [0.25, 0.3) is 0 Å². The number of phenols is 1. The summed E-state index contributed by atoms with van der Waals surface area (Å²) < 4.78 is 10.8. The van der Waals surface area contributed by atoms with Gasteiger partial charge in [0.05, 0.1) is 6.61 Å². The van der Waals surface area contributed by atoms with Crippen LogP contribution in [0.4, 0.5) is 0 Å². The second-order valence-electron chi connectivity index (χ2n) is 7.80. The Balaban J connectivity index is 1.88. The fourth-order valence-electron chi connectivity index (χ4n) is 4.05. The van der Waals surface area contributed by atoms with E-state index in [-0.39, 0.29) is 18.5 Å². The number of rotatable bonds is 7. The zero-order valence-electron chi connectivity index (χ0n) is 17.3. The Morgan fingerprint density at radius 1 is 1.18 bits per heavy atom. The number of ether oxygens (including phenoxy) is 2. The van der Waals surface area contributed by atoms with Crippen LogP contribution in [0.1, 0.15) is 66.5 Å². The van der Waals surface area contributed by atoms with Gasteiger partial charge in [-0.05, 0) is 91.0 Å². The molecule has 4 heteroatoms. The fourth-order valence-corrected chi connectivity index (χ4v) is 4.05. The summed E-state index contributed by atoms with van der Waals surface area (Å²) in [5, 5.41) is 10.1. The number of hydrogen-bond donors (Lipinski definition) is 1. The summed E-state index contributed by atoms with van der Waals surface area (Å²) in [5.74, 6) is 1.13. The monoisotopic (exact) mass is 382 g/mol. The van der Waals surface area contributed by atoms with Crippen LogP contribution in [0, 0.1) is 6.92 Å². The molecule has 0 unspecified atom stereocenters. The smallest absolute Gasteiger partial charge is 0.344 e. The molecule has 0 aromatic heterocycles. The topological polar surface area (TPSA) is 55.8 Å². The van der Waals surface area contributed by atoms with Crippen molar-refractivity contribution in [1.82, 2.24) is 0 Å². The van der Waals surface area contributed by atoms with E-state index in [1.54, 1.807) is 13.0 Å². The number of benzene rings is 2. The number of esters is 1. The van der Waals surface area contributed by atoms with Crippen molar-refractivity contribution in [3.8, 4) is 11.5 Å². The normalized spacial score (nSPS) is 12.9. The van der Waals surface area contributed by atoms with Crippen LogP contribution >= 0.6 is 0 Å². The Kier molecular flexibility index (Phi) is 6.28. The first-order chi connectivity index (χ1) is 13.4. The molecule has 0 radical (unpaired) electrons. The van der Waals surface area contributed by atoms with E-state index >= 15 is 0 Å². The molecule has 1 aliphatic carbocycles. The number of phenolic OH excluding ortho intramolecular Hbond substituents is 1. The molecule has 28 heavy (non-hydrogen) atoms. The molecular weight excluding hydrogens is 352 g/mol. The van der Waals surface area contributed by atoms with Gasteiger partial charge in [0.15, 0.2) is 6.61 Å². The molecule has 1 N–H and O–H groups in total. The Morgan fingerprint density at radius 3 is 2.64 bits per heavy atom. The van der Waals surface area contributed by atoms with Crippen LogP contribution in [0.2, 0.25) is 0 Å². The largest absolute Gasteiger partial charge is 0.508 e. The SMILES string of the molecule is CCOC(=O)COc1cc(C)c(Cc2ccc(O)c(C(C)C)c2)c2c1CCC2. The lowest BCUT2D eigenvalue weighted by molar-refractivity contribution is -0.145. The molecule has 0 amide bonds. The first-order valence-electron chi connectivity index (χ1n) is 10.1. The molecule has 0 fully saturated rings. The molecule has 4 nitrogen and oxygen atoms in total. The Hall–Kier alpha value is -2.49. The fraction of sp³-hybridized carbons (Fsp3) is 0.458. The third-order valence-electron chi connectivity index (χ3n) is 5.45. The summed E-state index contributed by atoms with van der Waals surface area (Å²) in [6.45, 7) is 8.41. The Bertz CT molecular complexity index is 867. The van der Waals surface area contributed by atoms with Gasteiger partial charge in [-0.2, -0.15) is 0 Å². The van der Waals surface area contributed by atoms with Crippen LogP contribution in [0.5, 0.6) is 11.5 Å². The van der Waals surface area contributed by atoms with E-state index in [0.717, 1.165) is 37.0 Å². The summed E-state index contributed by atoms with van der Waals surface area (Å²) in [6, 6.07) is 7.98. The average molecular weight is 383 g/mol. The van der Waals surface area contributed by atoms with Gasteiger partial charge in [0.1, 0.15) is 11.5 Å². The van der Waals surface area contributed by atoms with Gasteiger partial charge in [-0.15, -0.1) is 0 Å². The molecule has 3 rings (SSSR count). The third kappa shape index (κ3) is 4.32. The highest BCUT2D eigenvalue weighted by atomic mass is 16.6. The summed E-state index contributed by atoms with van der Waals surface area (Å²) in [4.78, 5) is 11.7. The predicted molar refractivity (Wildman–Crippen MR) is 110 cm³/mol. The van der Waals surface area contributed by atoms with Gasteiger partial charge in [0.25, 0.3) is 0 Å². The van der Waals surface area contributed by atoms with E-state index in [2.05, 4.69) is 32.9 Å². The highest BCUT2D eigenvalue weighted by Crippen LogP contribution is 2.37. The summed E-state index contributed by atoms with van der Waals surface area (Å²) in [5.41, 5.74) is 7.31. The van der Waals surface area contributed by atoms with Crippen LogP contribution in [-0.2, 0) is 28.8 Å². The molecule has 0 spiro atoms. The number of aryl methyl sites for hydroxylation is 1. The maximum atomic E-state index is 11.7. The number of carbonyl (C=O) groups is 1. The minimum absolute atomic E-state index is 0.0468. The van der Waals surface area contributed by atoms with Crippen LogP contribution in [-0.4, -0.2) is 24.3 Å². The summed E-state index contributed by atoms with van der Waals surface area (Å²) >= 11 is 0. The molecule has 2 aromatic rings. The van der Waals surface area contributed by atoms with E-state index < -0.39 is 0 Å². The van der Waals surface area contributed by atoms with Gasteiger partial charge in [-0.3, -0.25) is 0 Å². The number of hydrogen-bond acceptors (Lipinski definition) is 4. The standard InChI is InChI=1S/C24H30O4/c1-5-27-24(26)14-28-23-11-16(4)21(18-7-6-8-19(18)23)13-17-9-10-22(25)20(12-17)15(2)3/h9-12,15,25H,5-8,13-14H2,1-4H3. The molecule has 0 atom stereocenters. The van der Waals surface area contributed by atoms with Crippen molar-refractivity contribution in [3.05, 3.63) is 57.6 Å². The molecule has 0 saturated heterocycles. The van der Waals surface area contributed by atoms with E-state index in [1.807, 2.05) is 6.07 Å². The van der Waals surface area contributed by atoms with Crippen LogP contribution < -0.4 is 4.74 Å². The first kappa shape index (κ1) is 20.2. The van der Waals surface area contributed by atoms with E-state index in [4.69, 9.17) is 9.47 Å². The predicted octanol–water partition coefficient (Wildman–Crippen LogP) is 4.85. The lowest BCUT2D eigenvalue weighted by atomic mass is 9.90. The number of fused-ring (bicyclic) bond motifs is 1. The molecule has 150 valence electrons. The lowest BCUT2D eigenvalue weighted by Crippen LogP contribution is -2.15. The van der Waals surface area contributed by atoms with Gasteiger partial charge in [-0.25, -0.2) is 4.79 Å². The lowest BCUT2D eigenvalue weighted by Gasteiger charge is -2.18. The second-order valence-corrected chi connectivity index (χ2v) is 7.80. The van der Waals surface area contributed by atoms with Gasteiger partial charge in [0.2, 0.25) is 0 Å². The van der Waals surface area contributed by atoms with Crippen molar-refractivity contribution in [2.45, 2.75) is 59.3 Å². The number of aromatic hydroxyl groups is 1. The van der Waals surface area contributed by atoms with Gasteiger partial charge in [0, 0.05) is 0 Å². The summed E-state index contributed by atoms with van der Waals surface area (Å²) in [6.07, 6.45) is 3.96. The zero-order chi connectivity index (χ0) is 20.3. The quantitative estimate of drug-likeness (QED) is 0.696. The van der Waals surface area contributed by atoms with Crippen molar-refractivity contribution < 1.29 is 19.4 Å². The molecule has 0 heterocycles. The molecular formula is C24H30O4. The molecule has 2 aromatic carbocycles. The minimum Gasteiger partial charge on any atom is -0.508 e.